The molecule has 1 aromatic heterocycles. The first-order chi connectivity index (χ1) is 7.58. The van der Waals surface area contributed by atoms with Gasteiger partial charge in [-0.15, -0.1) is 0 Å². The number of thioether (sulfide) groups is 2. The molecule has 1 aromatic rings. The number of nitrogens with zero attached hydrogens (tertiary/aromatic N) is 2. The second-order valence-corrected chi connectivity index (χ2v) is 7.39. The van der Waals surface area contributed by atoms with Crippen LogP contribution in [-0.4, -0.2) is 31.3 Å². The number of aryl methyl sites for hydroxylation is 1. The van der Waals surface area contributed by atoms with Crippen molar-refractivity contribution < 1.29 is 0 Å². The predicted molar refractivity (Wildman–Crippen MR) is 72.9 cm³/mol. The number of nitrogens with two attached hydrogens (primary N) is 1. The van der Waals surface area contributed by atoms with Gasteiger partial charge in [0.25, 0.3) is 0 Å². The van der Waals surface area contributed by atoms with Crippen LogP contribution in [0.2, 0.25) is 0 Å². The fourth-order valence-electron chi connectivity index (χ4n) is 1.80. The second kappa shape index (κ2) is 5.02. The lowest BCUT2D eigenvalue weighted by Crippen LogP contribution is -2.34. The van der Waals surface area contributed by atoms with Crippen LogP contribution in [0.4, 0.5) is 0 Å². The fourth-order valence-corrected chi connectivity index (χ4v) is 4.83. The van der Waals surface area contributed by atoms with Crippen molar-refractivity contribution in [3.05, 3.63) is 18.0 Å². The SMILES string of the molecule is CC1SCC(C(N)c2ccn(C)n2)SC1C. The minimum absolute atomic E-state index is 0.0636. The minimum atomic E-state index is 0.0636. The van der Waals surface area contributed by atoms with Gasteiger partial charge in [-0.25, -0.2) is 0 Å². The molecular formula is C11H19N3S2. The number of rotatable bonds is 2. The zero-order chi connectivity index (χ0) is 11.7. The van der Waals surface area contributed by atoms with Gasteiger partial charge in [0.05, 0.1) is 11.7 Å². The third kappa shape index (κ3) is 2.57. The van der Waals surface area contributed by atoms with E-state index in [1.807, 2.05) is 47.5 Å². The largest absolute Gasteiger partial charge is 0.322 e. The van der Waals surface area contributed by atoms with Crippen LogP contribution < -0.4 is 5.73 Å². The van der Waals surface area contributed by atoms with Crippen LogP contribution in [-0.2, 0) is 7.05 Å². The van der Waals surface area contributed by atoms with Crippen LogP contribution >= 0.6 is 23.5 Å². The summed E-state index contributed by atoms with van der Waals surface area (Å²) in [5.74, 6) is 1.13. The van der Waals surface area contributed by atoms with Gasteiger partial charge in [-0.05, 0) is 6.07 Å². The molecule has 1 aliphatic rings. The predicted octanol–water partition coefficient (Wildman–Crippen LogP) is 2.05. The molecule has 2 N–H and O–H groups in total. The van der Waals surface area contributed by atoms with Gasteiger partial charge in [0, 0.05) is 34.7 Å². The molecule has 0 aromatic carbocycles. The molecule has 1 aliphatic heterocycles. The summed E-state index contributed by atoms with van der Waals surface area (Å²) in [6, 6.07) is 2.09. The van der Waals surface area contributed by atoms with E-state index in [0.29, 0.717) is 10.5 Å². The highest BCUT2D eigenvalue weighted by atomic mass is 32.2. The van der Waals surface area contributed by atoms with Gasteiger partial charge in [0.15, 0.2) is 0 Å². The Balaban J connectivity index is 2.02. The summed E-state index contributed by atoms with van der Waals surface area (Å²) >= 11 is 4.04. The summed E-state index contributed by atoms with van der Waals surface area (Å²) in [5.41, 5.74) is 7.30. The highest BCUT2D eigenvalue weighted by Crippen LogP contribution is 2.39. The average Bonchev–Trinajstić information content (AvgIpc) is 2.68. The Morgan fingerprint density at radius 2 is 2.25 bits per heavy atom. The monoisotopic (exact) mass is 257 g/mol. The van der Waals surface area contributed by atoms with Crippen molar-refractivity contribution in [3.8, 4) is 0 Å². The first-order valence-corrected chi connectivity index (χ1v) is 7.59. The van der Waals surface area contributed by atoms with Gasteiger partial charge in [-0.3, -0.25) is 4.68 Å². The van der Waals surface area contributed by atoms with Gasteiger partial charge in [0.1, 0.15) is 0 Å². The lowest BCUT2D eigenvalue weighted by Gasteiger charge is -2.33. The van der Waals surface area contributed by atoms with E-state index in [2.05, 4.69) is 18.9 Å². The first-order valence-electron chi connectivity index (χ1n) is 5.60. The summed E-state index contributed by atoms with van der Waals surface area (Å²) in [4.78, 5) is 0. The molecule has 0 spiro atoms. The fraction of sp³-hybridized carbons (Fsp3) is 0.727. The van der Waals surface area contributed by atoms with E-state index < -0.39 is 0 Å². The highest BCUT2D eigenvalue weighted by molar-refractivity contribution is 8.07. The Kier molecular flexibility index (Phi) is 3.87. The summed E-state index contributed by atoms with van der Waals surface area (Å²) in [6.07, 6.45) is 1.96. The van der Waals surface area contributed by atoms with Crippen molar-refractivity contribution in [1.82, 2.24) is 9.78 Å². The van der Waals surface area contributed by atoms with Crippen LogP contribution in [0.25, 0.3) is 0 Å². The molecule has 2 heterocycles. The van der Waals surface area contributed by atoms with Crippen molar-refractivity contribution >= 4 is 23.5 Å². The van der Waals surface area contributed by atoms with Gasteiger partial charge >= 0.3 is 0 Å². The summed E-state index contributed by atoms with van der Waals surface area (Å²) < 4.78 is 1.82. The molecule has 4 atom stereocenters. The zero-order valence-corrected chi connectivity index (χ0v) is 11.6. The average molecular weight is 257 g/mol. The van der Waals surface area contributed by atoms with Gasteiger partial charge in [-0.2, -0.15) is 28.6 Å². The Morgan fingerprint density at radius 3 is 2.81 bits per heavy atom. The second-order valence-electron chi connectivity index (χ2n) is 4.36. The smallest absolute Gasteiger partial charge is 0.0803 e. The van der Waals surface area contributed by atoms with Crippen molar-refractivity contribution in [2.24, 2.45) is 12.8 Å². The number of aromatic nitrogens is 2. The van der Waals surface area contributed by atoms with Crippen LogP contribution in [0.1, 0.15) is 25.6 Å². The summed E-state index contributed by atoms with van der Waals surface area (Å²) in [5, 5.41) is 6.30. The Morgan fingerprint density at radius 1 is 1.50 bits per heavy atom. The maximum absolute atomic E-state index is 6.28. The van der Waals surface area contributed by atoms with Crippen LogP contribution in [0.5, 0.6) is 0 Å². The molecule has 0 amide bonds. The van der Waals surface area contributed by atoms with Crippen molar-refractivity contribution in [1.29, 1.82) is 0 Å². The topological polar surface area (TPSA) is 43.8 Å². The highest BCUT2D eigenvalue weighted by Gasteiger charge is 2.31. The summed E-state index contributed by atoms with van der Waals surface area (Å²) in [7, 11) is 1.93. The zero-order valence-electron chi connectivity index (χ0n) is 9.96. The van der Waals surface area contributed by atoms with Crippen molar-refractivity contribution in [2.75, 3.05) is 5.75 Å². The molecular weight excluding hydrogens is 238 g/mol. The van der Waals surface area contributed by atoms with Crippen molar-refractivity contribution in [3.63, 3.8) is 0 Å². The normalized spacial score (nSPS) is 32.6. The minimum Gasteiger partial charge on any atom is -0.322 e. The maximum Gasteiger partial charge on any atom is 0.0803 e. The Labute approximate surface area is 106 Å². The molecule has 16 heavy (non-hydrogen) atoms. The number of hydrogen-bond donors (Lipinski definition) is 1. The molecule has 0 bridgehead atoms. The van der Waals surface area contributed by atoms with Crippen LogP contribution in [0.15, 0.2) is 12.3 Å². The van der Waals surface area contributed by atoms with E-state index in [9.17, 15) is 0 Å². The van der Waals surface area contributed by atoms with Gasteiger partial charge < -0.3 is 5.73 Å². The molecule has 0 saturated carbocycles. The molecule has 2 rings (SSSR count). The van der Waals surface area contributed by atoms with E-state index in [-0.39, 0.29) is 6.04 Å². The molecule has 3 nitrogen and oxygen atoms in total. The Hall–Kier alpha value is -0.130. The molecule has 5 heteroatoms. The third-order valence-electron chi connectivity index (χ3n) is 3.05. The number of hydrogen-bond acceptors (Lipinski definition) is 4. The van der Waals surface area contributed by atoms with E-state index in [1.165, 1.54) is 0 Å². The van der Waals surface area contributed by atoms with Crippen LogP contribution in [0.3, 0.4) is 0 Å². The van der Waals surface area contributed by atoms with Crippen molar-refractivity contribution in [2.45, 2.75) is 35.6 Å². The van der Waals surface area contributed by atoms with E-state index in [0.717, 1.165) is 16.7 Å². The standard InChI is InChI=1S/C11H19N3S2/c1-7-8(2)16-10(6-15-7)11(12)9-4-5-14(3)13-9/h4-5,7-8,10-11H,6,12H2,1-3H3. The lowest BCUT2D eigenvalue weighted by atomic mass is 10.2. The van der Waals surface area contributed by atoms with E-state index >= 15 is 0 Å². The summed E-state index contributed by atoms with van der Waals surface area (Å²) in [6.45, 7) is 4.59. The maximum atomic E-state index is 6.28. The Bertz CT molecular complexity index is 353. The molecule has 0 aliphatic carbocycles. The van der Waals surface area contributed by atoms with E-state index in [1.54, 1.807) is 0 Å². The van der Waals surface area contributed by atoms with Gasteiger partial charge in [-0.1, -0.05) is 13.8 Å². The van der Waals surface area contributed by atoms with E-state index in [4.69, 9.17) is 5.73 Å². The lowest BCUT2D eigenvalue weighted by molar-refractivity contribution is 0.651. The molecule has 1 saturated heterocycles. The van der Waals surface area contributed by atoms with Gasteiger partial charge in [0.2, 0.25) is 0 Å². The first kappa shape index (κ1) is 12.3. The molecule has 90 valence electrons. The molecule has 4 unspecified atom stereocenters. The molecule has 1 fully saturated rings. The van der Waals surface area contributed by atoms with Crippen LogP contribution in [0, 0.1) is 0 Å². The quantitative estimate of drug-likeness (QED) is 0.880. The molecule has 0 radical (unpaired) electrons. The third-order valence-corrected chi connectivity index (χ3v) is 6.57.